The van der Waals surface area contributed by atoms with Crippen LogP contribution in [-0.2, 0) is 15.0 Å². The van der Waals surface area contributed by atoms with E-state index in [9.17, 15) is 9.59 Å². The Morgan fingerprint density at radius 2 is 1.74 bits per heavy atom. The van der Waals surface area contributed by atoms with Gasteiger partial charge >= 0.3 is 0 Å². The Hall–Kier alpha value is -1.64. The van der Waals surface area contributed by atoms with Gasteiger partial charge in [-0.2, -0.15) is 0 Å². The van der Waals surface area contributed by atoms with Crippen LogP contribution in [0.3, 0.4) is 0 Å². The van der Waals surface area contributed by atoms with Gasteiger partial charge in [0.25, 0.3) is 0 Å². The minimum absolute atomic E-state index is 0. The van der Waals surface area contributed by atoms with Crippen LogP contribution in [0.4, 0.5) is 0 Å². The molecule has 1 heterocycles. The largest absolute Gasteiger partial charge is 0.357 e. The van der Waals surface area contributed by atoms with Crippen molar-refractivity contribution in [3.05, 3.63) is 35.9 Å². The monoisotopic (exact) mass is 486 g/mol. The summed E-state index contributed by atoms with van der Waals surface area (Å²) in [6.07, 6.45) is 1.59. The first-order valence-electron chi connectivity index (χ1n) is 9.35. The Bertz CT molecular complexity index is 631. The molecule has 1 saturated heterocycles. The number of likely N-dealkylation sites (tertiary alicyclic amines) is 1. The standard InChI is InChI=1S/C20H30N4O2.HI/c1-4-21-19(22-13-14-24-17(25)11-8-12-18(24)26)23-15-20(2,3)16-9-6-5-7-10-16;/h5-7,9-10H,4,8,11-15H2,1-3H3,(H2,21,22,23);1H. The molecule has 2 rings (SSSR count). The Morgan fingerprint density at radius 1 is 1.11 bits per heavy atom. The summed E-state index contributed by atoms with van der Waals surface area (Å²) in [5.74, 6) is 0.554. The Labute approximate surface area is 179 Å². The number of guanidine groups is 1. The number of carbonyl (C=O) groups excluding carboxylic acids is 2. The summed E-state index contributed by atoms with van der Waals surface area (Å²) in [4.78, 5) is 29.7. The predicted octanol–water partition coefficient (Wildman–Crippen LogP) is 2.68. The van der Waals surface area contributed by atoms with E-state index in [0.717, 1.165) is 6.54 Å². The lowest BCUT2D eigenvalue weighted by molar-refractivity contribution is -0.147. The van der Waals surface area contributed by atoms with Gasteiger partial charge < -0.3 is 10.6 Å². The summed E-state index contributed by atoms with van der Waals surface area (Å²) in [6.45, 7) is 8.60. The van der Waals surface area contributed by atoms with Crippen LogP contribution in [0.25, 0.3) is 0 Å². The number of benzene rings is 1. The third kappa shape index (κ3) is 7.12. The van der Waals surface area contributed by atoms with Gasteiger partial charge in [-0.05, 0) is 18.9 Å². The van der Waals surface area contributed by atoms with Gasteiger partial charge in [-0.3, -0.25) is 19.5 Å². The number of piperidine rings is 1. The van der Waals surface area contributed by atoms with Crippen molar-refractivity contribution in [3.63, 3.8) is 0 Å². The molecule has 0 spiro atoms. The molecule has 6 nitrogen and oxygen atoms in total. The quantitative estimate of drug-likeness (QED) is 0.269. The molecule has 0 aliphatic carbocycles. The summed E-state index contributed by atoms with van der Waals surface area (Å²) in [7, 11) is 0. The van der Waals surface area contributed by atoms with Crippen LogP contribution in [0.5, 0.6) is 0 Å². The van der Waals surface area contributed by atoms with E-state index in [2.05, 4.69) is 41.6 Å². The predicted molar refractivity (Wildman–Crippen MR) is 119 cm³/mol. The van der Waals surface area contributed by atoms with Crippen molar-refractivity contribution < 1.29 is 9.59 Å². The maximum absolute atomic E-state index is 11.9. The lowest BCUT2D eigenvalue weighted by Gasteiger charge is -2.26. The van der Waals surface area contributed by atoms with Crippen molar-refractivity contribution in [2.24, 2.45) is 4.99 Å². The molecule has 7 heteroatoms. The minimum atomic E-state index is -0.0809. The normalized spacial score (nSPS) is 15.4. The van der Waals surface area contributed by atoms with E-state index < -0.39 is 0 Å². The Balaban J connectivity index is 0.00000364. The molecule has 0 aromatic heterocycles. The van der Waals surface area contributed by atoms with Crippen molar-refractivity contribution >= 4 is 41.8 Å². The number of imide groups is 1. The first-order chi connectivity index (χ1) is 12.4. The highest BCUT2D eigenvalue weighted by molar-refractivity contribution is 14.0. The van der Waals surface area contributed by atoms with E-state index in [1.807, 2.05) is 25.1 Å². The van der Waals surface area contributed by atoms with Gasteiger partial charge in [-0.1, -0.05) is 44.2 Å². The van der Waals surface area contributed by atoms with Crippen molar-refractivity contribution in [1.29, 1.82) is 0 Å². The number of hydrogen-bond acceptors (Lipinski definition) is 3. The summed E-state index contributed by atoms with van der Waals surface area (Å²) in [5, 5.41) is 6.44. The van der Waals surface area contributed by atoms with Crippen molar-refractivity contribution in [3.8, 4) is 0 Å². The van der Waals surface area contributed by atoms with E-state index in [-0.39, 0.29) is 41.2 Å². The maximum Gasteiger partial charge on any atom is 0.229 e. The second kappa shape index (κ2) is 11.3. The average molecular weight is 486 g/mol. The fourth-order valence-electron chi connectivity index (χ4n) is 2.93. The molecule has 0 unspecified atom stereocenters. The van der Waals surface area contributed by atoms with Crippen molar-refractivity contribution in [2.75, 3.05) is 26.2 Å². The highest BCUT2D eigenvalue weighted by Crippen LogP contribution is 2.22. The fourth-order valence-corrected chi connectivity index (χ4v) is 2.93. The van der Waals surface area contributed by atoms with Crippen LogP contribution in [0.1, 0.15) is 45.6 Å². The SMILES string of the molecule is CCNC(=NCC(C)(C)c1ccccc1)NCCN1C(=O)CCCC1=O.I. The first kappa shape index (κ1) is 23.4. The van der Waals surface area contributed by atoms with Crippen LogP contribution in [0.15, 0.2) is 35.3 Å². The third-order valence-electron chi connectivity index (χ3n) is 4.54. The number of nitrogens with zero attached hydrogens (tertiary/aromatic N) is 2. The third-order valence-corrected chi connectivity index (χ3v) is 4.54. The molecule has 1 aromatic rings. The summed E-state index contributed by atoms with van der Waals surface area (Å²) in [6, 6.07) is 10.3. The van der Waals surface area contributed by atoms with Crippen LogP contribution < -0.4 is 10.6 Å². The Morgan fingerprint density at radius 3 is 2.33 bits per heavy atom. The molecule has 0 radical (unpaired) electrons. The van der Waals surface area contributed by atoms with Gasteiger partial charge in [-0.25, -0.2) is 0 Å². The molecule has 2 N–H and O–H groups in total. The number of carbonyl (C=O) groups is 2. The van der Waals surface area contributed by atoms with Gasteiger partial charge in [-0.15, -0.1) is 24.0 Å². The topological polar surface area (TPSA) is 73.8 Å². The Kier molecular flexibility index (Phi) is 9.76. The highest BCUT2D eigenvalue weighted by atomic mass is 127. The van der Waals surface area contributed by atoms with Gasteiger partial charge in [0.15, 0.2) is 5.96 Å². The summed E-state index contributed by atoms with van der Waals surface area (Å²) >= 11 is 0. The van der Waals surface area contributed by atoms with Gasteiger partial charge in [0, 0.05) is 37.9 Å². The molecule has 27 heavy (non-hydrogen) atoms. The molecule has 0 atom stereocenters. The van der Waals surface area contributed by atoms with Crippen LogP contribution in [0, 0.1) is 0 Å². The van der Waals surface area contributed by atoms with E-state index in [1.165, 1.54) is 10.5 Å². The van der Waals surface area contributed by atoms with E-state index in [1.54, 1.807) is 0 Å². The maximum atomic E-state index is 11.9. The lowest BCUT2D eigenvalue weighted by Crippen LogP contribution is -2.46. The highest BCUT2D eigenvalue weighted by Gasteiger charge is 2.25. The number of nitrogens with one attached hydrogen (secondary N) is 2. The zero-order valence-electron chi connectivity index (χ0n) is 16.5. The molecular formula is C20H31IN4O2. The molecule has 1 aromatic carbocycles. The molecular weight excluding hydrogens is 455 g/mol. The van der Waals surface area contributed by atoms with Crippen LogP contribution in [-0.4, -0.2) is 48.9 Å². The minimum Gasteiger partial charge on any atom is -0.357 e. The number of amides is 2. The number of halogens is 1. The lowest BCUT2D eigenvalue weighted by atomic mass is 9.85. The molecule has 2 amide bonds. The summed E-state index contributed by atoms with van der Waals surface area (Å²) in [5.41, 5.74) is 1.16. The van der Waals surface area contributed by atoms with Crippen molar-refractivity contribution in [1.82, 2.24) is 15.5 Å². The number of hydrogen-bond donors (Lipinski definition) is 2. The zero-order valence-corrected chi connectivity index (χ0v) is 18.8. The van der Waals surface area contributed by atoms with E-state index in [4.69, 9.17) is 0 Å². The van der Waals surface area contributed by atoms with Gasteiger partial charge in [0.05, 0.1) is 6.54 Å². The first-order valence-corrected chi connectivity index (χ1v) is 9.35. The number of aliphatic imine (C=N–C) groups is 1. The average Bonchev–Trinajstić information content (AvgIpc) is 2.63. The molecule has 150 valence electrons. The number of rotatable bonds is 7. The molecule has 1 aliphatic rings. The van der Waals surface area contributed by atoms with Gasteiger partial charge in [0.1, 0.15) is 0 Å². The molecule has 1 fully saturated rings. The summed E-state index contributed by atoms with van der Waals surface area (Å²) < 4.78 is 0. The molecule has 0 saturated carbocycles. The van der Waals surface area contributed by atoms with E-state index in [0.29, 0.717) is 44.9 Å². The van der Waals surface area contributed by atoms with Crippen LogP contribution >= 0.6 is 24.0 Å². The zero-order chi connectivity index (χ0) is 19.0. The molecule has 1 aliphatic heterocycles. The second-order valence-electron chi connectivity index (χ2n) is 7.16. The smallest absolute Gasteiger partial charge is 0.229 e. The van der Waals surface area contributed by atoms with Crippen molar-refractivity contribution in [2.45, 2.75) is 45.4 Å². The second-order valence-corrected chi connectivity index (χ2v) is 7.16. The van der Waals surface area contributed by atoms with Crippen LogP contribution in [0.2, 0.25) is 0 Å². The van der Waals surface area contributed by atoms with E-state index >= 15 is 0 Å². The molecule has 0 bridgehead atoms. The fraction of sp³-hybridized carbons (Fsp3) is 0.550. The van der Waals surface area contributed by atoms with Gasteiger partial charge in [0.2, 0.25) is 11.8 Å².